The van der Waals surface area contributed by atoms with Crippen molar-refractivity contribution in [2.24, 2.45) is 0 Å². The Balaban J connectivity index is 2.16. The van der Waals surface area contributed by atoms with Crippen LogP contribution >= 0.6 is 23.4 Å². The van der Waals surface area contributed by atoms with Gasteiger partial charge in [0.25, 0.3) is 0 Å². The second-order valence-corrected chi connectivity index (χ2v) is 6.39. The van der Waals surface area contributed by atoms with Crippen molar-refractivity contribution in [3.05, 3.63) is 24.0 Å². The molecule has 0 fully saturated rings. The van der Waals surface area contributed by atoms with E-state index >= 15 is 0 Å². The first-order valence-corrected chi connectivity index (χ1v) is 9.31. The molecule has 2 rings (SSSR count). The van der Waals surface area contributed by atoms with E-state index in [0.29, 0.717) is 5.88 Å². The summed E-state index contributed by atoms with van der Waals surface area (Å²) in [5.41, 5.74) is 2.18. The fraction of sp³-hybridized carbons (Fsp3) is 0.562. The van der Waals surface area contributed by atoms with Gasteiger partial charge in [-0.1, -0.05) is 6.42 Å². The molecule has 1 aromatic heterocycles. The van der Waals surface area contributed by atoms with E-state index in [1.807, 2.05) is 23.9 Å². The molecule has 0 radical (unpaired) electrons. The van der Waals surface area contributed by atoms with Crippen LogP contribution in [0.5, 0.6) is 5.75 Å². The molecule has 0 aliphatic carbocycles. The molecule has 0 aliphatic rings. The Morgan fingerprint density at radius 3 is 2.86 bits per heavy atom. The number of alkyl halides is 1. The van der Waals surface area contributed by atoms with Crippen molar-refractivity contribution < 1.29 is 4.74 Å². The number of benzene rings is 1. The van der Waals surface area contributed by atoms with Gasteiger partial charge in [-0.05, 0) is 37.0 Å². The lowest BCUT2D eigenvalue weighted by Crippen LogP contribution is -2.05. The Morgan fingerprint density at radius 1 is 1.29 bits per heavy atom. The standard InChI is InChI=1S/C16H23ClN2OS/c1-20-13-6-7-15-14(12-13)18-16(8-9-17)19(15)10-4-3-5-11-21-2/h6-7,12H,3-5,8-11H2,1-2H3. The van der Waals surface area contributed by atoms with Gasteiger partial charge >= 0.3 is 0 Å². The van der Waals surface area contributed by atoms with Gasteiger partial charge in [-0.15, -0.1) is 11.6 Å². The lowest BCUT2D eigenvalue weighted by Gasteiger charge is -2.08. The zero-order valence-electron chi connectivity index (χ0n) is 12.8. The highest BCUT2D eigenvalue weighted by atomic mass is 35.5. The zero-order valence-corrected chi connectivity index (χ0v) is 14.3. The topological polar surface area (TPSA) is 27.1 Å². The van der Waals surface area contributed by atoms with E-state index in [0.717, 1.165) is 30.1 Å². The van der Waals surface area contributed by atoms with Crippen LogP contribution in [0.4, 0.5) is 0 Å². The summed E-state index contributed by atoms with van der Waals surface area (Å²) in [5, 5.41) is 0. The molecule has 0 aliphatic heterocycles. The van der Waals surface area contributed by atoms with Gasteiger partial charge in [-0.2, -0.15) is 11.8 Å². The Bertz CT molecular complexity index is 571. The molecule has 5 heteroatoms. The Hall–Kier alpha value is -0.870. The average Bonchev–Trinajstić information content (AvgIpc) is 2.84. The summed E-state index contributed by atoms with van der Waals surface area (Å²) in [5.74, 6) is 3.78. The molecule has 0 bridgehead atoms. The molecular formula is C16H23ClN2OS. The number of aromatic nitrogens is 2. The van der Waals surface area contributed by atoms with Crippen LogP contribution in [0.3, 0.4) is 0 Å². The fourth-order valence-electron chi connectivity index (χ4n) is 2.50. The van der Waals surface area contributed by atoms with Crippen molar-refractivity contribution in [2.75, 3.05) is 25.0 Å². The quantitative estimate of drug-likeness (QED) is 0.506. The van der Waals surface area contributed by atoms with Crippen LogP contribution in [0.2, 0.25) is 0 Å². The Morgan fingerprint density at radius 2 is 2.14 bits per heavy atom. The van der Waals surface area contributed by atoms with E-state index in [-0.39, 0.29) is 0 Å². The molecule has 2 aromatic rings. The summed E-state index contributed by atoms with van der Waals surface area (Å²) in [6.07, 6.45) is 6.70. The smallest absolute Gasteiger partial charge is 0.121 e. The molecule has 0 atom stereocenters. The molecular weight excluding hydrogens is 304 g/mol. The summed E-state index contributed by atoms with van der Waals surface area (Å²) in [6, 6.07) is 6.09. The van der Waals surface area contributed by atoms with Crippen molar-refractivity contribution in [1.29, 1.82) is 0 Å². The molecule has 0 saturated heterocycles. The van der Waals surface area contributed by atoms with Gasteiger partial charge in [0.15, 0.2) is 0 Å². The van der Waals surface area contributed by atoms with Gasteiger partial charge in [0.1, 0.15) is 11.6 Å². The highest BCUT2D eigenvalue weighted by Crippen LogP contribution is 2.23. The molecule has 0 N–H and O–H groups in total. The second-order valence-electron chi connectivity index (χ2n) is 5.03. The highest BCUT2D eigenvalue weighted by molar-refractivity contribution is 7.98. The lowest BCUT2D eigenvalue weighted by molar-refractivity contribution is 0.415. The molecule has 1 heterocycles. The van der Waals surface area contributed by atoms with Crippen LogP contribution in [0.15, 0.2) is 18.2 Å². The van der Waals surface area contributed by atoms with Crippen molar-refractivity contribution >= 4 is 34.4 Å². The van der Waals surface area contributed by atoms with Gasteiger partial charge in [0.2, 0.25) is 0 Å². The van der Waals surface area contributed by atoms with E-state index in [2.05, 4.69) is 16.9 Å². The number of halogens is 1. The number of rotatable bonds is 9. The summed E-state index contributed by atoms with van der Waals surface area (Å²) in [4.78, 5) is 4.72. The number of thioether (sulfide) groups is 1. The minimum atomic E-state index is 0.604. The number of fused-ring (bicyclic) bond motifs is 1. The van der Waals surface area contributed by atoms with Gasteiger partial charge in [0, 0.05) is 24.9 Å². The number of methoxy groups -OCH3 is 1. The van der Waals surface area contributed by atoms with Crippen LogP contribution in [-0.4, -0.2) is 34.5 Å². The maximum Gasteiger partial charge on any atom is 0.121 e. The van der Waals surface area contributed by atoms with Crippen molar-refractivity contribution in [2.45, 2.75) is 32.2 Å². The first-order valence-electron chi connectivity index (χ1n) is 7.38. The van der Waals surface area contributed by atoms with E-state index < -0.39 is 0 Å². The predicted octanol–water partition coefficient (Wildman–Crippen LogP) is 4.36. The molecule has 1 aromatic carbocycles. The lowest BCUT2D eigenvalue weighted by atomic mass is 10.2. The molecule has 21 heavy (non-hydrogen) atoms. The van der Waals surface area contributed by atoms with Crippen molar-refractivity contribution in [3.63, 3.8) is 0 Å². The van der Waals surface area contributed by atoms with E-state index in [4.69, 9.17) is 21.3 Å². The number of nitrogens with zero attached hydrogens (tertiary/aromatic N) is 2. The number of hydrogen-bond donors (Lipinski definition) is 0. The third-order valence-electron chi connectivity index (χ3n) is 3.58. The number of unbranched alkanes of at least 4 members (excludes halogenated alkanes) is 2. The maximum absolute atomic E-state index is 5.92. The van der Waals surface area contributed by atoms with Crippen LogP contribution < -0.4 is 4.74 Å². The maximum atomic E-state index is 5.92. The summed E-state index contributed by atoms with van der Waals surface area (Å²) < 4.78 is 7.59. The zero-order chi connectivity index (χ0) is 15.1. The Labute approximate surface area is 136 Å². The van der Waals surface area contributed by atoms with Gasteiger partial charge in [0.05, 0.1) is 18.1 Å². The van der Waals surface area contributed by atoms with E-state index in [1.54, 1.807) is 7.11 Å². The van der Waals surface area contributed by atoms with E-state index in [9.17, 15) is 0 Å². The minimum absolute atomic E-state index is 0.604. The van der Waals surface area contributed by atoms with E-state index in [1.165, 1.54) is 30.5 Å². The minimum Gasteiger partial charge on any atom is -0.497 e. The third-order valence-corrected chi connectivity index (χ3v) is 4.47. The first-order chi connectivity index (χ1) is 10.3. The molecule has 3 nitrogen and oxygen atoms in total. The fourth-order valence-corrected chi connectivity index (χ4v) is 3.17. The molecule has 0 spiro atoms. The van der Waals surface area contributed by atoms with Gasteiger partial charge < -0.3 is 9.30 Å². The third kappa shape index (κ3) is 4.30. The summed E-state index contributed by atoms with van der Waals surface area (Å²) in [7, 11) is 1.68. The monoisotopic (exact) mass is 326 g/mol. The van der Waals surface area contributed by atoms with Crippen LogP contribution in [0.25, 0.3) is 11.0 Å². The largest absolute Gasteiger partial charge is 0.497 e. The highest BCUT2D eigenvalue weighted by Gasteiger charge is 2.10. The van der Waals surface area contributed by atoms with Crippen molar-refractivity contribution in [1.82, 2.24) is 9.55 Å². The number of hydrogen-bond acceptors (Lipinski definition) is 3. The average molecular weight is 327 g/mol. The Kier molecular flexibility index (Phi) is 6.71. The second kappa shape index (κ2) is 8.54. The molecule has 0 amide bonds. The predicted molar refractivity (Wildman–Crippen MR) is 92.9 cm³/mol. The molecule has 0 unspecified atom stereocenters. The molecule has 116 valence electrons. The molecule has 0 saturated carbocycles. The van der Waals surface area contributed by atoms with Crippen molar-refractivity contribution in [3.8, 4) is 5.75 Å². The van der Waals surface area contributed by atoms with Crippen LogP contribution in [0, 0.1) is 0 Å². The van der Waals surface area contributed by atoms with Gasteiger partial charge in [-0.3, -0.25) is 0 Å². The number of imidazole rings is 1. The number of aryl methyl sites for hydroxylation is 2. The normalized spacial score (nSPS) is 11.2. The summed E-state index contributed by atoms with van der Waals surface area (Å²) in [6.45, 7) is 1.02. The van der Waals surface area contributed by atoms with Crippen LogP contribution in [0.1, 0.15) is 25.1 Å². The summed E-state index contributed by atoms with van der Waals surface area (Å²) >= 11 is 7.83. The SMILES string of the molecule is COc1ccc2c(c1)nc(CCCl)n2CCCCCSC. The van der Waals surface area contributed by atoms with Crippen LogP contribution in [-0.2, 0) is 13.0 Å². The first kappa shape index (κ1) is 16.5. The van der Waals surface area contributed by atoms with Gasteiger partial charge in [-0.25, -0.2) is 4.98 Å². The number of ether oxygens (including phenoxy) is 1.